The van der Waals surface area contributed by atoms with E-state index in [-0.39, 0.29) is 5.91 Å². The predicted octanol–water partition coefficient (Wildman–Crippen LogP) is 6.45. The number of rotatable bonds is 7. The van der Waals surface area contributed by atoms with E-state index >= 15 is 0 Å². The minimum Gasteiger partial charge on any atom is -0.489 e. The summed E-state index contributed by atoms with van der Waals surface area (Å²) in [5.41, 5.74) is 6.37. The number of nitrogens with one attached hydrogen (secondary N) is 1. The van der Waals surface area contributed by atoms with E-state index in [1.165, 1.54) is 11.1 Å². The molecule has 1 N–H and O–H groups in total. The largest absolute Gasteiger partial charge is 0.489 e. The quantitative estimate of drug-likeness (QED) is 0.315. The normalized spacial score (nSPS) is 10.8. The highest BCUT2D eigenvalue weighted by Crippen LogP contribution is 2.22. The number of carbonyl (C=O) groups is 1. The van der Waals surface area contributed by atoms with Crippen molar-refractivity contribution in [3.63, 3.8) is 0 Å². The van der Waals surface area contributed by atoms with Crippen molar-refractivity contribution in [2.45, 2.75) is 33.9 Å². The zero-order chi connectivity index (χ0) is 23.4. The molecule has 0 aliphatic rings. The van der Waals surface area contributed by atoms with Crippen molar-refractivity contribution in [1.82, 2.24) is 9.78 Å². The van der Waals surface area contributed by atoms with Crippen molar-refractivity contribution in [3.05, 3.63) is 111 Å². The van der Waals surface area contributed by atoms with Crippen LogP contribution in [-0.4, -0.2) is 15.7 Å². The molecule has 0 unspecified atom stereocenters. The molecule has 0 bridgehead atoms. The molecule has 4 aromatic rings. The average molecular weight is 504 g/mol. The number of carbonyl (C=O) groups excluding carboxylic acids is 1. The third-order valence-electron chi connectivity index (χ3n) is 5.44. The maximum atomic E-state index is 13.0. The molecule has 0 radical (unpaired) electrons. The van der Waals surface area contributed by atoms with Gasteiger partial charge in [-0.25, -0.2) is 0 Å². The molecular formula is C27H26BrN3O2. The van der Waals surface area contributed by atoms with Gasteiger partial charge in [0.05, 0.1) is 23.6 Å². The SMILES string of the molecule is Cc1cccc(Cn2nc(C)c(NC(=O)c3cccc(COc4ccc(Br)cc4)c3)c2C)c1. The standard InChI is InChI=1S/C27H26BrN3O2/c1-18-6-4-7-21(14-18)16-31-20(3)26(19(2)30-31)29-27(32)23-9-5-8-22(15-23)17-33-25-12-10-24(28)11-13-25/h4-15H,16-17H2,1-3H3,(H,29,32). The summed E-state index contributed by atoms with van der Waals surface area (Å²) in [6, 6.07) is 23.5. The Morgan fingerprint density at radius 1 is 0.970 bits per heavy atom. The first kappa shape index (κ1) is 22.8. The van der Waals surface area contributed by atoms with Gasteiger partial charge in [-0.1, -0.05) is 57.9 Å². The Hall–Kier alpha value is -3.38. The molecule has 1 heterocycles. The Morgan fingerprint density at radius 2 is 1.70 bits per heavy atom. The number of benzene rings is 3. The Kier molecular flexibility index (Phi) is 6.94. The summed E-state index contributed by atoms with van der Waals surface area (Å²) >= 11 is 3.42. The van der Waals surface area contributed by atoms with E-state index in [2.05, 4.69) is 51.5 Å². The van der Waals surface area contributed by atoms with Crippen molar-refractivity contribution in [2.24, 2.45) is 0 Å². The lowest BCUT2D eigenvalue weighted by molar-refractivity contribution is 0.102. The molecule has 4 rings (SSSR count). The number of anilines is 1. The third-order valence-corrected chi connectivity index (χ3v) is 5.97. The van der Waals surface area contributed by atoms with Crippen LogP contribution < -0.4 is 10.1 Å². The smallest absolute Gasteiger partial charge is 0.255 e. The molecule has 0 saturated heterocycles. The second-order valence-corrected chi connectivity index (χ2v) is 9.01. The van der Waals surface area contributed by atoms with Crippen LogP contribution in [0.25, 0.3) is 0 Å². The van der Waals surface area contributed by atoms with Gasteiger partial charge in [0.25, 0.3) is 5.91 Å². The number of ether oxygens (including phenoxy) is 1. The summed E-state index contributed by atoms with van der Waals surface area (Å²) in [6.45, 7) is 7.02. The van der Waals surface area contributed by atoms with Crippen molar-refractivity contribution >= 4 is 27.5 Å². The fraction of sp³-hybridized carbons (Fsp3) is 0.185. The summed E-state index contributed by atoms with van der Waals surface area (Å²) in [4.78, 5) is 13.0. The molecule has 5 nitrogen and oxygen atoms in total. The molecule has 0 atom stereocenters. The number of aromatic nitrogens is 2. The number of halogens is 1. The van der Waals surface area contributed by atoms with Crippen LogP contribution in [0.15, 0.2) is 77.3 Å². The minimum atomic E-state index is -0.165. The van der Waals surface area contributed by atoms with Crippen LogP contribution in [-0.2, 0) is 13.2 Å². The topological polar surface area (TPSA) is 56.2 Å². The summed E-state index contributed by atoms with van der Waals surface area (Å²) in [5.74, 6) is 0.613. The van der Waals surface area contributed by atoms with E-state index in [1.54, 1.807) is 6.07 Å². The maximum Gasteiger partial charge on any atom is 0.255 e. The van der Waals surface area contributed by atoms with Crippen LogP contribution in [0.1, 0.15) is 38.4 Å². The van der Waals surface area contributed by atoms with Crippen molar-refractivity contribution in [1.29, 1.82) is 0 Å². The van der Waals surface area contributed by atoms with E-state index in [4.69, 9.17) is 4.74 Å². The van der Waals surface area contributed by atoms with Gasteiger partial charge in [0.2, 0.25) is 0 Å². The van der Waals surface area contributed by atoms with Crippen LogP contribution >= 0.6 is 15.9 Å². The molecule has 0 fully saturated rings. The molecule has 168 valence electrons. The third kappa shape index (κ3) is 5.71. The van der Waals surface area contributed by atoms with E-state index in [0.29, 0.717) is 18.7 Å². The lowest BCUT2D eigenvalue weighted by Gasteiger charge is -2.10. The van der Waals surface area contributed by atoms with Gasteiger partial charge in [0.1, 0.15) is 12.4 Å². The number of hydrogen-bond acceptors (Lipinski definition) is 3. The first-order valence-electron chi connectivity index (χ1n) is 10.8. The highest BCUT2D eigenvalue weighted by atomic mass is 79.9. The molecule has 0 spiro atoms. The molecule has 0 saturated carbocycles. The fourth-order valence-corrected chi connectivity index (χ4v) is 3.97. The predicted molar refractivity (Wildman–Crippen MR) is 135 cm³/mol. The van der Waals surface area contributed by atoms with Gasteiger partial charge < -0.3 is 10.1 Å². The van der Waals surface area contributed by atoms with Gasteiger partial charge in [-0.15, -0.1) is 0 Å². The molecule has 0 aliphatic heterocycles. The Labute approximate surface area is 202 Å². The van der Waals surface area contributed by atoms with Gasteiger partial charge in [-0.05, 0) is 68.3 Å². The molecular weight excluding hydrogens is 478 g/mol. The van der Waals surface area contributed by atoms with Gasteiger partial charge in [-0.3, -0.25) is 9.48 Å². The van der Waals surface area contributed by atoms with Crippen LogP contribution in [0.4, 0.5) is 5.69 Å². The Bertz CT molecular complexity index is 1280. The van der Waals surface area contributed by atoms with E-state index < -0.39 is 0 Å². The van der Waals surface area contributed by atoms with E-state index in [1.807, 2.05) is 67.1 Å². The van der Waals surface area contributed by atoms with E-state index in [9.17, 15) is 4.79 Å². The first-order valence-corrected chi connectivity index (χ1v) is 11.6. The Morgan fingerprint density at radius 3 is 2.45 bits per heavy atom. The molecule has 3 aromatic carbocycles. The second-order valence-electron chi connectivity index (χ2n) is 8.09. The molecule has 0 aliphatic carbocycles. The maximum absolute atomic E-state index is 13.0. The molecule has 6 heteroatoms. The first-order chi connectivity index (χ1) is 15.9. The van der Waals surface area contributed by atoms with Crippen LogP contribution in [0.2, 0.25) is 0 Å². The number of aryl methyl sites for hydroxylation is 2. The van der Waals surface area contributed by atoms with Crippen molar-refractivity contribution in [3.8, 4) is 5.75 Å². The zero-order valence-corrected chi connectivity index (χ0v) is 20.5. The summed E-state index contributed by atoms with van der Waals surface area (Å²) in [7, 11) is 0. The molecule has 1 aromatic heterocycles. The summed E-state index contributed by atoms with van der Waals surface area (Å²) in [5, 5.41) is 7.70. The van der Waals surface area contributed by atoms with Crippen molar-refractivity contribution in [2.75, 3.05) is 5.32 Å². The van der Waals surface area contributed by atoms with Gasteiger partial charge in [-0.2, -0.15) is 5.10 Å². The van der Waals surface area contributed by atoms with Gasteiger partial charge >= 0.3 is 0 Å². The van der Waals surface area contributed by atoms with Gasteiger partial charge in [0.15, 0.2) is 0 Å². The van der Waals surface area contributed by atoms with E-state index in [0.717, 1.165) is 32.9 Å². The lowest BCUT2D eigenvalue weighted by Crippen LogP contribution is -2.14. The summed E-state index contributed by atoms with van der Waals surface area (Å²) in [6.07, 6.45) is 0. The van der Waals surface area contributed by atoms with Crippen LogP contribution in [0, 0.1) is 20.8 Å². The lowest BCUT2D eigenvalue weighted by atomic mass is 10.1. The number of nitrogens with zero attached hydrogens (tertiary/aromatic N) is 2. The number of hydrogen-bond donors (Lipinski definition) is 1. The molecule has 33 heavy (non-hydrogen) atoms. The minimum absolute atomic E-state index is 0.165. The average Bonchev–Trinajstić information content (AvgIpc) is 3.06. The van der Waals surface area contributed by atoms with Crippen LogP contribution in [0.3, 0.4) is 0 Å². The summed E-state index contributed by atoms with van der Waals surface area (Å²) < 4.78 is 8.77. The highest BCUT2D eigenvalue weighted by Gasteiger charge is 2.16. The van der Waals surface area contributed by atoms with Crippen LogP contribution in [0.5, 0.6) is 5.75 Å². The van der Waals surface area contributed by atoms with Gasteiger partial charge in [0, 0.05) is 10.0 Å². The molecule has 1 amide bonds. The Balaban J connectivity index is 1.45. The fourth-order valence-electron chi connectivity index (χ4n) is 3.70. The highest BCUT2D eigenvalue weighted by molar-refractivity contribution is 9.10. The zero-order valence-electron chi connectivity index (χ0n) is 18.9. The number of amides is 1. The second kappa shape index (κ2) is 10.0. The van der Waals surface area contributed by atoms with Crippen molar-refractivity contribution < 1.29 is 9.53 Å². The monoisotopic (exact) mass is 503 g/mol.